The van der Waals surface area contributed by atoms with Gasteiger partial charge in [-0.25, -0.2) is 4.39 Å². The summed E-state index contributed by atoms with van der Waals surface area (Å²) in [5.74, 6) is 5.20. The van der Waals surface area contributed by atoms with Gasteiger partial charge in [-0.1, -0.05) is 12.1 Å². The van der Waals surface area contributed by atoms with Crippen molar-refractivity contribution in [1.29, 1.82) is 0 Å². The molecule has 0 bridgehead atoms. The quantitative estimate of drug-likeness (QED) is 0.570. The fourth-order valence-corrected chi connectivity index (χ4v) is 1.40. The van der Waals surface area contributed by atoms with Crippen LogP contribution in [0.4, 0.5) is 4.39 Å². The van der Waals surface area contributed by atoms with Crippen LogP contribution in [0.1, 0.15) is 12.5 Å². The van der Waals surface area contributed by atoms with E-state index in [2.05, 4.69) is 5.43 Å². The summed E-state index contributed by atoms with van der Waals surface area (Å²) in [5, 5.41) is 0. The standard InChI is InChI=1S/C11H17FN2O/c1-8(15-2)11(14-13)7-9-3-5-10(12)6-4-9/h3-6,8,11,14H,7,13H2,1-2H3. The SMILES string of the molecule is COC(C)C(Cc1ccc(F)cc1)NN. The van der Waals surface area contributed by atoms with Crippen LogP contribution in [0.3, 0.4) is 0 Å². The minimum absolute atomic E-state index is 0.0139. The molecule has 0 fully saturated rings. The number of methoxy groups -OCH3 is 1. The fourth-order valence-electron chi connectivity index (χ4n) is 1.40. The Morgan fingerprint density at radius 3 is 2.47 bits per heavy atom. The number of nitrogens with two attached hydrogens (primary N) is 1. The fraction of sp³-hybridized carbons (Fsp3) is 0.455. The van der Waals surface area contributed by atoms with Crippen LogP contribution in [0.25, 0.3) is 0 Å². The highest BCUT2D eigenvalue weighted by Crippen LogP contribution is 2.08. The van der Waals surface area contributed by atoms with Crippen LogP contribution in [0, 0.1) is 5.82 Å². The van der Waals surface area contributed by atoms with Crippen LogP contribution in [-0.2, 0) is 11.2 Å². The van der Waals surface area contributed by atoms with Gasteiger partial charge in [0.1, 0.15) is 5.82 Å². The van der Waals surface area contributed by atoms with E-state index in [1.807, 2.05) is 6.92 Å². The van der Waals surface area contributed by atoms with E-state index in [-0.39, 0.29) is 18.0 Å². The maximum atomic E-state index is 12.7. The minimum atomic E-state index is -0.226. The first kappa shape index (κ1) is 12.1. The molecule has 0 aliphatic heterocycles. The lowest BCUT2D eigenvalue weighted by Crippen LogP contribution is -2.45. The number of rotatable bonds is 5. The number of ether oxygens (including phenoxy) is 1. The van der Waals surface area contributed by atoms with E-state index < -0.39 is 0 Å². The summed E-state index contributed by atoms with van der Waals surface area (Å²) < 4.78 is 17.8. The topological polar surface area (TPSA) is 47.3 Å². The van der Waals surface area contributed by atoms with E-state index in [1.54, 1.807) is 19.2 Å². The van der Waals surface area contributed by atoms with Gasteiger partial charge in [0.15, 0.2) is 0 Å². The summed E-state index contributed by atoms with van der Waals surface area (Å²) in [5.41, 5.74) is 3.73. The number of halogens is 1. The van der Waals surface area contributed by atoms with Crippen molar-refractivity contribution in [2.24, 2.45) is 5.84 Å². The highest BCUT2D eigenvalue weighted by atomic mass is 19.1. The van der Waals surface area contributed by atoms with Gasteiger partial charge in [0.2, 0.25) is 0 Å². The van der Waals surface area contributed by atoms with E-state index in [0.29, 0.717) is 6.42 Å². The van der Waals surface area contributed by atoms with Crippen molar-refractivity contribution < 1.29 is 9.13 Å². The third-order valence-corrected chi connectivity index (χ3v) is 2.52. The molecule has 3 N–H and O–H groups in total. The molecule has 0 spiro atoms. The van der Waals surface area contributed by atoms with Crippen LogP contribution in [0.5, 0.6) is 0 Å². The van der Waals surface area contributed by atoms with Crippen molar-refractivity contribution in [2.45, 2.75) is 25.5 Å². The third kappa shape index (κ3) is 3.58. The van der Waals surface area contributed by atoms with Gasteiger partial charge in [-0.3, -0.25) is 11.3 Å². The van der Waals surface area contributed by atoms with Gasteiger partial charge >= 0.3 is 0 Å². The molecule has 84 valence electrons. The van der Waals surface area contributed by atoms with Gasteiger partial charge in [-0.05, 0) is 31.0 Å². The Morgan fingerprint density at radius 2 is 2.00 bits per heavy atom. The Hall–Kier alpha value is -0.970. The molecular formula is C11H17FN2O. The zero-order chi connectivity index (χ0) is 11.3. The monoisotopic (exact) mass is 212 g/mol. The molecule has 2 unspecified atom stereocenters. The Balaban J connectivity index is 2.62. The summed E-state index contributed by atoms with van der Waals surface area (Å²) in [6, 6.07) is 6.42. The van der Waals surface area contributed by atoms with Gasteiger partial charge in [0.25, 0.3) is 0 Å². The summed E-state index contributed by atoms with van der Waals surface area (Å²) in [6.45, 7) is 1.94. The van der Waals surface area contributed by atoms with Crippen molar-refractivity contribution in [3.8, 4) is 0 Å². The van der Waals surface area contributed by atoms with Crippen molar-refractivity contribution in [2.75, 3.05) is 7.11 Å². The van der Waals surface area contributed by atoms with Gasteiger partial charge in [-0.15, -0.1) is 0 Å². The van der Waals surface area contributed by atoms with Crippen molar-refractivity contribution >= 4 is 0 Å². The smallest absolute Gasteiger partial charge is 0.123 e. The summed E-state index contributed by atoms with van der Waals surface area (Å²) in [4.78, 5) is 0. The van der Waals surface area contributed by atoms with E-state index in [1.165, 1.54) is 12.1 Å². The molecule has 1 rings (SSSR count). The molecule has 0 radical (unpaired) electrons. The molecule has 4 heteroatoms. The first-order valence-corrected chi connectivity index (χ1v) is 4.90. The Labute approximate surface area is 89.4 Å². The molecule has 0 aromatic heterocycles. The average Bonchev–Trinajstić information content (AvgIpc) is 2.27. The first-order chi connectivity index (χ1) is 7.17. The van der Waals surface area contributed by atoms with Crippen LogP contribution in [-0.4, -0.2) is 19.3 Å². The largest absolute Gasteiger partial charge is 0.380 e. The lowest BCUT2D eigenvalue weighted by molar-refractivity contribution is 0.0831. The predicted molar refractivity (Wildman–Crippen MR) is 57.7 cm³/mol. The predicted octanol–water partition coefficient (Wildman–Crippen LogP) is 1.23. The Bertz CT molecular complexity index is 289. The van der Waals surface area contributed by atoms with Crippen molar-refractivity contribution in [3.63, 3.8) is 0 Å². The molecule has 15 heavy (non-hydrogen) atoms. The number of benzene rings is 1. The second kappa shape index (κ2) is 5.80. The van der Waals surface area contributed by atoms with Gasteiger partial charge in [-0.2, -0.15) is 0 Å². The maximum Gasteiger partial charge on any atom is 0.123 e. The lowest BCUT2D eigenvalue weighted by atomic mass is 10.0. The van der Waals surface area contributed by atoms with Gasteiger partial charge in [0, 0.05) is 7.11 Å². The first-order valence-electron chi connectivity index (χ1n) is 4.90. The van der Waals surface area contributed by atoms with Crippen LogP contribution in [0.2, 0.25) is 0 Å². The summed E-state index contributed by atoms with van der Waals surface area (Å²) >= 11 is 0. The lowest BCUT2D eigenvalue weighted by Gasteiger charge is -2.21. The molecule has 0 amide bonds. The molecule has 1 aromatic rings. The third-order valence-electron chi connectivity index (χ3n) is 2.52. The normalized spacial score (nSPS) is 14.9. The van der Waals surface area contributed by atoms with E-state index in [9.17, 15) is 4.39 Å². The van der Waals surface area contributed by atoms with Crippen LogP contribution < -0.4 is 11.3 Å². The van der Waals surface area contributed by atoms with Crippen molar-refractivity contribution in [3.05, 3.63) is 35.6 Å². The van der Waals surface area contributed by atoms with Crippen molar-refractivity contribution in [1.82, 2.24) is 5.43 Å². The molecule has 0 saturated heterocycles. The second-order valence-electron chi connectivity index (χ2n) is 3.54. The zero-order valence-corrected chi connectivity index (χ0v) is 9.03. The average molecular weight is 212 g/mol. The van der Waals surface area contributed by atoms with E-state index in [4.69, 9.17) is 10.6 Å². The van der Waals surface area contributed by atoms with Gasteiger partial charge in [0.05, 0.1) is 12.1 Å². The highest BCUT2D eigenvalue weighted by Gasteiger charge is 2.15. The van der Waals surface area contributed by atoms with Gasteiger partial charge < -0.3 is 4.74 Å². The number of hydrogen-bond acceptors (Lipinski definition) is 3. The number of hydrogen-bond donors (Lipinski definition) is 2. The Morgan fingerprint density at radius 1 is 1.40 bits per heavy atom. The second-order valence-corrected chi connectivity index (χ2v) is 3.54. The Kier molecular flexibility index (Phi) is 4.68. The van der Waals surface area contributed by atoms with E-state index >= 15 is 0 Å². The molecular weight excluding hydrogens is 195 g/mol. The van der Waals surface area contributed by atoms with E-state index in [0.717, 1.165) is 5.56 Å². The highest BCUT2D eigenvalue weighted by molar-refractivity contribution is 5.17. The molecule has 0 heterocycles. The molecule has 1 aromatic carbocycles. The molecule has 0 saturated carbocycles. The zero-order valence-electron chi connectivity index (χ0n) is 9.03. The summed E-state index contributed by atoms with van der Waals surface area (Å²) in [7, 11) is 1.64. The summed E-state index contributed by atoms with van der Waals surface area (Å²) in [6.07, 6.45) is 0.728. The minimum Gasteiger partial charge on any atom is -0.380 e. The molecule has 2 atom stereocenters. The number of hydrazine groups is 1. The maximum absolute atomic E-state index is 12.7. The van der Waals surface area contributed by atoms with Crippen LogP contribution in [0.15, 0.2) is 24.3 Å². The molecule has 3 nitrogen and oxygen atoms in total. The van der Waals surface area contributed by atoms with Crippen LogP contribution >= 0.6 is 0 Å². The number of nitrogens with one attached hydrogen (secondary N) is 1. The molecule has 0 aliphatic rings. The molecule has 0 aliphatic carbocycles.